The van der Waals surface area contributed by atoms with Crippen molar-refractivity contribution in [2.24, 2.45) is 0 Å². The molecule has 0 radical (unpaired) electrons. The van der Waals surface area contributed by atoms with Crippen molar-refractivity contribution in [3.05, 3.63) is 29.8 Å². The summed E-state index contributed by atoms with van der Waals surface area (Å²) in [6.45, 7) is 3.62. The summed E-state index contributed by atoms with van der Waals surface area (Å²) in [6.07, 6.45) is 0.704. The zero-order chi connectivity index (χ0) is 12.9. The molecule has 0 spiro atoms. The van der Waals surface area contributed by atoms with Crippen LogP contribution in [-0.4, -0.2) is 20.7 Å². The second kappa shape index (κ2) is 5.79. The van der Waals surface area contributed by atoms with Gasteiger partial charge in [0.05, 0.1) is 5.69 Å². The van der Waals surface area contributed by atoms with Crippen LogP contribution >= 0.6 is 0 Å². The third-order valence-corrected chi connectivity index (χ3v) is 3.17. The van der Waals surface area contributed by atoms with E-state index in [0.29, 0.717) is 24.2 Å². The maximum absolute atomic E-state index is 11.6. The molecular weight excluding hydrogens is 240 g/mol. The Balaban J connectivity index is 2.92. The second-order valence-electron chi connectivity index (χ2n) is 3.60. The van der Waals surface area contributed by atoms with Gasteiger partial charge in [-0.05, 0) is 25.5 Å². The Kier molecular flexibility index (Phi) is 4.65. The van der Waals surface area contributed by atoms with Crippen molar-refractivity contribution in [1.29, 1.82) is 0 Å². The van der Waals surface area contributed by atoms with E-state index in [4.69, 9.17) is 0 Å². The summed E-state index contributed by atoms with van der Waals surface area (Å²) >= 11 is 0. The summed E-state index contributed by atoms with van der Waals surface area (Å²) in [7, 11) is -3.61. The first-order chi connectivity index (χ1) is 7.96. The van der Waals surface area contributed by atoms with Crippen LogP contribution in [-0.2, 0) is 10.2 Å². The van der Waals surface area contributed by atoms with Gasteiger partial charge in [0.1, 0.15) is 0 Å². The van der Waals surface area contributed by atoms with Crippen LogP contribution in [0, 0.1) is 0 Å². The van der Waals surface area contributed by atoms with Crippen LogP contribution in [0.5, 0.6) is 0 Å². The second-order valence-corrected chi connectivity index (χ2v) is 5.10. The molecule has 0 heterocycles. The molecule has 0 amide bonds. The molecule has 1 aromatic rings. The van der Waals surface area contributed by atoms with E-state index in [-0.39, 0.29) is 5.78 Å². The van der Waals surface area contributed by atoms with Crippen molar-refractivity contribution in [3.63, 3.8) is 0 Å². The number of rotatable bonds is 6. The molecule has 0 saturated carbocycles. The summed E-state index contributed by atoms with van der Waals surface area (Å²) in [5, 5.41) is 0. The van der Waals surface area contributed by atoms with Gasteiger partial charge in [-0.1, -0.05) is 19.1 Å². The highest BCUT2D eigenvalue weighted by atomic mass is 32.2. The fourth-order valence-corrected chi connectivity index (χ4v) is 2.31. The van der Waals surface area contributed by atoms with Gasteiger partial charge in [-0.3, -0.25) is 9.52 Å². The maximum atomic E-state index is 11.6. The topological polar surface area (TPSA) is 75.3 Å². The molecule has 0 fully saturated rings. The molecule has 0 aromatic heterocycles. The number of hydrogen-bond acceptors (Lipinski definition) is 3. The van der Waals surface area contributed by atoms with E-state index in [1.54, 1.807) is 24.3 Å². The molecule has 5 nitrogen and oxygen atoms in total. The van der Waals surface area contributed by atoms with Gasteiger partial charge in [-0.2, -0.15) is 13.1 Å². The van der Waals surface area contributed by atoms with Gasteiger partial charge in [0.2, 0.25) is 0 Å². The quantitative estimate of drug-likeness (QED) is 0.758. The number of anilines is 1. The molecule has 0 unspecified atom stereocenters. The summed E-state index contributed by atoms with van der Waals surface area (Å²) < 4.78 is 27.9. The van der Waals surface area contributed by atoms with Crippen LogP contribution in [0.25, 0.3) is 0 Å². The van der Waals surface area contributed by atoms with E-state index in [9.17, 15) is 13.2 Å². The van der Waals surface area contributed by atoms with Crippen molar-refractivity contribution in [3.8, 4) is 0 Å². The van der Waals surface area contributed by atoms with Crippen molar-refractivity contribution in [2.45, 2.75) is 20.3 Å². The predicted octanol–water partition coefficient (Wildman–Crippen LogP) is 1.55. The Bertz CT molecular complexity index is 497. The van der Waals surface area contributed by atoms with E-state index in [0.717, 1.165) is 0 Å². The fraction of sp³-hybridized carbons (Fsp3) is 0.364. The average molecular weight is 256 g/mol. The van der Waals surface area contributed by atoms with Crippen LogP contribution in [0.2, 0.25) is 0 Å². The highest BCUT2D eigenvalue weighted by Crippen LogP contribution is 2.16. The van der Waals surface area contributed by atoms with Crippen molar-refractivity contribution in [2.75, 3.05) is 11.3 Å². The summed E-state index contributed by atoms with van der Waals surface area (Å²) in [6, 6.07) is 6.50. The number of hydrogen-bond donors (Lipinski definition) is 2. The summed E-state index contributed by atoms with van der Waals surface area (Å²) in [5.41, 5.74) is 0.651. The first-order valence-electron chi connectivity index (χ1n) is 5.33. The first kappa shape index (κ1) is 13.7. The Morgan fingerprint density at radius 1 is 1.29 bits per heavy atom. The minimum Gasteiger partial charge on any atom is -0.294 e. The largest absolute Gasteiger partial charge is 0.299 e. The monoisotopic (exact) mass is 256 g/mol. The Labute approximate surface area is 101 Å². The Hall–Kier alpha value is -1.40. The van der Waals surface area contributed by atoms with Gasteiger partial charge >= 0.3 is 0 Å². The Morgan fingerprint density at radius 2 is 1.94 bits per heavy atom. The molecule has 17 heavy (non-hydrogen) atoms. The van der Waals surface area contributed by atoms with Crippen LogP contribution in [0.3, 0.4) is 0 Å². The summed E-state index contributed by atoms with van der Waals surface area (Å²) in [5.74, 6) is -0.182. The van der Waals surface area contributed by atoms with Crippen molar-refractivity contribution >= 4 is 21.7 Å². The molecule has 0 saturated heterocycles. The fourth-order valence-electron chi connectivity index (χ4n) is 1.30. The van der Waals surface area contributed by atoms with E-state index in [2.05, 4.69) is 9.44 Å². The van der Waals surface area contributed by atoms with Crippen LogP contribution in [0.4, 0.5) is 5.69 Å². The molecule has 94 valence electrons. The molecule has 0 atom stereocenters. The van der Waals surface area contributed by atoms with Crippen LogP contribution in [0.15, 0.2) is 24.3 Å². The lowest BCUT2D eigenvalue weighted by Crippen LogP contribution is -2.31. The number of ketones is 1. The molecular formula is C11H16N2O3S. The predicted molar refractivity (Wildman–Crippen MR) is 67.3 cm³/mol. The van der Waals surface area contributed by atoms with Gasteiger partial charge in [0.25, 0.3) is 10.2 Å². The van der Waals surface area contributed by atoms with Gasteiger partial charge in [-0.25, -0.2) is 0 Å². The smallest absolute Gasteiger partial charge is 0.294 e. The van der Waals surface area contributed by atoms with E-state index in [1.165, 1.54) is 6.92 Å². The van der Waals surface area contributed by atoms with Crippen molar-refractivity contribution in [1.82, 2.24) is 4.72 Å². The third kappa shape index (κ3) is 4.16. The summed E-state index contributed by atoms with van der Waals surface area (Å²) in [4.78, 5) is 11.3. The van der Waals surface area contributed by atoms with Crippen molar-refractivity contribution < 1.29 is 13.2 Å². The third-order valence-electron chi connectivity index (χ3n) is 2.09. The number of para-hydroxylation sites is 1. The normalized spacial score (nSPS) is 11.2. The number of carbonyl (C=O) groups excluding carboxylic acids is 1. The average Bonchev–Trinajstić information content (AvgIpc) is 2.26. The molecule has 6 heteroatoms. The van der Waals surface area contributed by atoms with E-state index in [1.807, 2.05) is 6.92 Å². The van der Waals surface area contributed by atoms with Crippen LogP contribution < -0.4 is 9.44 Å². The van der Waals surface area contributed by atoms with Gasteiger partial charge in [0, 0.05) is 12.1 Å². The molecule has 0 aliphatic rings. The zero-order valence-electron chi connectivity index (χ0n) is 9.86. The number of benzene rings is 1. The number of Topliss-reactive ketones (excluding diaryl/α,β-unsaturated/α-hetero) is 1. The van der Waals surface area contributed by atoms with Crippen LogP contribution in [0.1, 0.15) is 30.6 Å². The SMILES string of the molecule is CCCNS(=O)(=O)Nc1ccccc1C(C)=O. The zero-order valence-corrected chi connectivity index (χ0v) is 10.7. The molecule has 1 rings (SSSR count). The number of nitrogens with one attached hydrogen (secondary N) is 2. The van der Waals surface area contributed by atoms with Gasteiger partial charge < -0.3 is 0 Å². The molecule has 0 bridgehead atoms. The molecule has 1 aromatic carbocycles. The lowest BCUT2D eigenvalue weighted by atomic mass is 10.1. The minimum absolute atomic E-state index is 0.182. The first-order valence-corrected chi connectivity index (χ1v) is 6.82. The Morgan fingerprint density at radius 3 is 2.53 bits per heavy atom. The lowest BCUT2D eigenvalue weighted by Gasteiger charge is -2.11. The number of carbonyl (C=O) groups is 1. The van der Waals surface area contributed by atoms with Gasteiger partial charge in [0.15, 0.2) is 5.78 Å². The lowest BCUT2D eigenvalue weighted by molar-refractivity contribution is 0.101. The molecule has 0 aliphatic heterocycles. The maximum Gasteiger partial charge on any atom is 0.299 e. The highest BCUT2D eigenvalue weighted by Gasteiger charge is 2.13. The highest BCUT2D eigenvalue weighted by molar-refractivity contribution is 7.90. The van der Waals surface area contributed by atoms with E-state index < -0.39 is 10.2 Å². The minimum atomic E-state index is -3.61. The van der Waals surface area contributed by atoms with Gasteiger partial charge in [-0.15, -0.1) is 0 Å². The van der Waals surface area contributed by atoms with E-state index >= 15 is 0 Å². The molecule has 0 aliphatic carbocycles. The molecule has 2 N–H and O–H groups in total. The standard InChI is InChI=1S/C11H16N2O3S/c1-3-8-12-17(15,16)13-11-7-5-4-6-10(11)9(2)14/h4-7,12-13H,3,8H2,1-2H3.